The molecule has 1 rings (SSSR count). The Hall–Kier alpha value is -1.63. The number of rotatable bonds is 5. The van der Waals surface area contributed by atoms with Crippen molar-refractivity contribution in [1.29, 1.82) is 0 Å². The summed E-state index contributed by atoms with van der Waals surface area (Å²) in [6, 6.07) is -0.768. The molecule has 1 aliphatic heterocycles. The van der Waals surface area contributed by atoms with E-state index in [2.05, 4.69) is 5.32 Å². The zero-order valence-corrected chi connectivity index (χ0v) is 12.1. The van der Waals surface area contributed by atoms with Crippen LogP contribution in [0.2, 0.25) is 0 Å². The molecule has 1 unspecified atom stereocenters. The van der Waals surface area contributed by atoms with Gasteiger partial charge in [-0.2, -0.15) is 0 Å². The minimum atomic E-state index is -0.866. The summed E-state index contributed by atoms with van der Waals surface area (Å²) >= 11 is 0. The molecule has 3 amide bonds. The molecule has 0 aromatic heterocycles. The van der Waals surface area contributed by atoms with Gasteiger partial charge < -0.3 is 21.7 Å². The fourth-order valence-electron chi connectivity index (χ4n) is 2.15. The number of nitrogens with two attached hydrogens (primary N) is 2. The average molecular weight is 284 g/mol. The SMILES string of the molecule is CC(C)C(=O)NC1CCN(C(=O)C(N)CC(N)=O)CC1. The number of piperidine rings is 1. The van der Waals surface area contributed by atoms with Crippen LogP contribution >= 0.6 is 0 Å². The third kappa shape index (κ3) is 4.80. The normalized spacial score (nSPS) is 17.9. The van der Waals surface area contributed by atoms with Gasteiger partial charge >= 0.3 is 0 Å². The van der Waals surface area contributed by atoms with Crippen molar-refractivity contribution in [3.05, 3.63) is 0 Å². The van der Waals surface area contributed by atoms with Gasteiger partial charge in [-0.15, -0.1) is 0 Å². The third-order valence-electron chi connectivity index (χ3n) is 3.42. The lowest BCUT2D eigenvalue weighted by Gasteiger charge is -2.34. The van der Waals surface area contributed by atoms with Gasteiger partial charge in [-0.25, -0.2) is 0 Å². The summed E-state index contributed by atoms with van der Waals surface area (Å²) in [6.07, 6.45) is 1.27. The molecule has 7 heteroatoms. The Kier molecular flexibility index (Phi) is 5.94. The molecule has 0 aromatic carbocycles. The highest BCUT2D eigenvalue weighted by molar-refractivity contribution is 5.87. The van der Waals surface area contributed by atoms with Gasteiger partial charge in [0.2, 0.25) is 17.7 Å². The van der Waals surface area contributed by atoms with E-state index in [9.17, 15) is 14.4 Å². The van der Waals surface area contributed by atoms with Gasteiger partial charge in [-0.1, -0.05) is 13.8 Å². The van der Waals surface area contributed by atoms with Crippen molar-refractivity contribution in [3.8, 4) is 0 Å². The van der Waals surface area contributed by atoms with Gasteiger partial charge in [0.05, 0.1) is 12.5 Å². The summed E-state index contributed by atoms with van der Waals surface area (Å²) in [4.78, 5) is 36.0. The van der Waals surface area contributed by atoms with E-state index in [1.807, 2.05) is 13.8 Å². The number of primary amides is 1. The number of hydrogen-bond donors (Lipinski definition) is 3. The van der Waals surface area contributed by atoms with Crippen molar-refractivity contribution < 1.29 is 14.4 Å². The standard InChI is InChI=1S/C13H24N4O3/c1-8(2)12(19)16-9-3-5-17(6-4-9)13(20)10(14)7-11(15)18/h8-10H,3-7,14H2,1-2H3,(H2,15,18)(H,16,19). The van der Waals surface area contributed by atoms with Gasteiger partial charge in [-0.3, -0.25) is 14.4 Å². The fourth-order valence-corrected chi connectivity index (χ4v) is 2.15. The summed E-state index contributed by atoms with van der Waals surface area (Å²) in [5.41, 5.74) is 10.7. The summed E-state index contributed by atoms with van der Waals surface area (Å²) < 4.78 is 0. The molecule has 0 spiro atoms. The molecule has 1 atom stereocenters. The lowest BCUT2D eigenvalue weighted by atomic mass is 10.0. The minimum Gasteiger partial charge on any atom is -0.370 e. The lowest BCUT2D eigenvalue weighted by molar-refractivity contribution is -0.135. The Morgan fingerprint density at radius 3 is 2.25 bits per heavy atom. The first-order chi connectivity index (χ1) is 9.31. The Labute approximate surface area is 119 Å². The maximum atomic E-state index is 12.0. The van der Waals surface area contributed by atoms with E-state index >= 15 is 0 Å². The second-order valence-corrected chi connectivity index (χ2v) is 5.54. The number of nitrogens with one attached hydrogen (secondary N) is 1. The molecule has 0 aliphatic carbocycles. The average Bonchev–Trinajstić information content (AvgIpc) is 2.37. The predicted molar refractivity (Wildman–Crippen MR) is 74.4 cm³/mol. The monoisotopic (exact) mass is 284 g/mol. The second-order valence-electron chi connectivity index (χ2n) is 5.54. The molecule has 0 radical (unpaired) electrons. The van der Waals surface area contributed by atoms with Gasteiger partial charge in [0.15, 0.2) is 0 Å². The molecule has 20 heavy (non-hydrogen) atoms. The summed E-state index contributed by atoms with van der Waals surface area (Å²) in [7, 11) is 0. The molecule has 7 nitrogen and oxygen atoms in total. The van der Waals surface area contributed by atoms with E-state index in [-0.39, 0.29) is 30.2 Å². The highest BCUT2D eigenvalue weighted by Crippen LogP contribution is 2.12. The van der Waals surface area contributed by atoms with E-state index in [4.69, 9.17) is 11.5 Å². The largest absolute Gasteiger partial charge is 0.370 e. The number of hydrogen-bond acceptors (Lipinski definition) is 4. The maximum absolute atomic E-state index is 12.0. The van der Waals surface area contributed by atoms with Crippen LogP contribution in [-0.2, 0) is 14.4 Å². The number of carbonyl (C=O) groups excluding carboxylic acids is 3. The smallest absolute Gasteiger partial charge is 0.240 e. The van der Waals surface area contributed by atoms with Crippen molar-refractivity contribution in [1.82, 2.24) is 10.2 Å². The molecule has 1 fully saturated rings. The van der Waals surface area contributed by atoms with Crippen molar-refractivity contribution >= 4 is 17.7 Å². The number of likely N-dealkylation sites (tertiary alicyclic amines) is 1. The summed E-state index contributed by atoms with van der Waals surface area (Å²) in [6.45, 7) is 4.76. The molecule has 0 saturated carbocycles. The molecule has 1 saturated heterocycles. The third-order valence-corrected chi connectivity index (χ3v) is 3.42. The van der Waals surface area contributed by atoms with Crippen LogP contribution in [0.15, 0.2) is 0 Å². The molecule has 0 aromatic rings. The van der Waals surface area contributed by atoms with E-state index in [1.165, 1.54) is 0 Å². The first kappa shape index (κ1) is 16.4. The molecule has 5 N–H and O–H groups in total. The molecule has 1 heterocycles. The number of amides is 3. The first-order valence-corrected chi connectivity index (χ1v) is 6.94. The van der Waals surface area contributed by atoms with Crippen LogP contribution in [0.5, 0.6) is 0 Å². The van der Waals surface area contributed by atoms with Crippen LogP contribution in [-0.4, -0.2) is 47.8 Å². The van der Waals surface area contributed by atoms with Crippen LogP contribution in [0, 0.1) is 5.92 Å². The van der Waals surface area contributed by atoms with E-state index in [0.717, 1.165) is 0 Å². The van der Waals surface area contributed by atoms with E-state index < -0.39 is 11.9 Å². The predicted octanol–water partition coefficient (Wildman–Crippen LogP) is -1.05. The Balaban J connectivity index is 2.40. The van der Waals surface area contributed by atoms with Crippen LogP contribution < -0.4 is 16.8 Å². The van der Waals surface area contributed by atoms with Crippen molar-refractivity contribution in [2.24, 2.45) is 17.4 Å². The van der Waals surface area contributed by atoms with Crippen LogP contribution in [0.25, 0.3) is 0 Å². The number of nitrogens with zero attached hydrogens (tertiary/aromatic N) is 1. The molecule has 114 valence electrons. The number of carbonyl (C=O) groups is 3. The Morgan fingerprint density at radius 1 is 1.25 bits per heavy atom. The molecular formula is C13H24N4O3. The second kappa shape index (κ2) is 7.23. The van der Waals surface area contributed by atoms with Gasteiger partial charge in [0.1, 0.15) is 0 Å². The van der Waals surface area contributed by atoms with Gasteiger partial charge in [-0.05, 0) is 12.8 Å². The highest BCUT2D eigenvalue weighted by atomic mass is 16.2. The molecular weight excluding hydrogens is 260 g/mol. The topological polar surface area (TPSA) is 119 Å². The van der Waals surface area contributed by atoms with Crippen LogP contribution in [0.1, 0.15) is 33.1 Å². The van der Waals surface area contributed by atoms with E-state index in [0.29, 0.717) is 25.9 Å². The quantitative estimate of drug-likeness (QED) is 0.597. The minimum absolute atomic E-state index is 0.0280. The first-order valence-electron chi connectivity index (χ1n) is 6.94. The van der Waals surface area contributed by atoms with Gasteiger partial charge in [0.25, 0.3) is 0 Å². The van der Waals surface area contributed by atoms with Crippen molar-refractivity contribution in [2.45, 2.75) is 45.2 Å². The fraction of sp³-hybridized carbons (Fsp3) is 0.769. The highest BCUT2D eigenvalue weighted by Gasteiger charge is 2.27. The zero-order chi connectivity index (χ0) is 15.3. The summed E-state index contributed by atoms with van der Waals surface area (Å²) in [5, 5.41) is 2.96. The van der Waals surface area contributed by atoms with Crippen molar-refractivity contribution in [2.75, 3.05) is 13.1 Å². The van der Waals surface area contributed by atoms with Crippen molar-refractivity contribution in [3.63, 3.8) is 0 Å². The van der Waals surface area contributed by atoms with Crippen LogP contribution in [0.4, 0.5) is 0 Å². The molecule has 1 aliphatic rings. The van der Waals surface area contributed by atoms with Crippen LogP contribution in [0.3, 0.4) is 0 Å². The lowest BCUT2D eigenvalue weighted by Crippen LogP contribution is -2.52. The van der Waals surface area contributed by atoms with Gasteiger partial charge in [0, 0.05) is 25.0 Å². The Bertz CT molecular complexity index is 376. The zero-order valence-electron chi connectivity index (χ0n) is 12.1. The molecule has 0 bridgehead atoms. The Morgan fingerprint density at radius 2 is 1.80 bits per heavy atom. The maximum Gasteiger partial charge on any atom is 0.240 e. The van der Waals surface area contributed by atoms with E-state index in [1.54, 1.807) is 4.90 Å². The summed E-state index contributed by atoms with van der Waals surface area (Å²) in [5.74, 6) is -0.846.